The smallest absolute Gasteiger partial charge is 0.281 e. The van der Waals surface area contributed by atoms with Crippen molar-refractivity contribution >= 4 is 16.1 Å². The summed E-state index contributed by atoms with van der Waals surface area (Å²) in [5, 5.41) is 3.20. The Morgan fingerprint density at radius 1 is 1.19 bits per heavy atom. The summed E-state index contributed by atoms with van der Waals surface area (Å²) in [6, 6.07) is 8.08. The van der Waals surface area contributed by atoms with Crippen molar-refractivity contribution < 1.29 is 13.2 Å². The lowest BCUT2D eigenvalue weighted by atomic mass is 9.90. The fourth-order valence-corrected chi connectivity index (χ4v) is 4.52. The standard InChI is InChI=1S/C19H31N3O3S/c1-14(2)18(17-9-7-6-8-15(17)3)20-19(23)16-10-12-22(13-11-16)26(24,25)21(4)5/h6-9,14,16,18H,10-13H2,1-5H3,(H,20,23)/t18-/m0/s1. The summed E-state index contributed by atoms with van der Waals surface area (Å²) < 4.78 is 27.1. The predicted molar refractivity (Wildman–Crippen MR) is 104 cm³/mol. The molecule has 1 aromatic carbocycles. The fraction of sp³-hybridized carbons (Fsp3) is 0.632. The zero-order valence-corrected chi connectivity index (χ0v) is 17.2. The molecule has 1 amide bonds. The lowest BCUT2D eigenvalue weighted by molar-refractivity contribution is -0.127. The van der Waals surface area contributed by atoms with E-state index in [1.807, 2.05) is 12.1 Å². The summed E-state index contributed by atoms with van der Waals surface area (Å²) >= 11 is 0. The predicted octanol–water partition coefficient (Wildman–Crippen LogP) is 2.33. The largest absolute Gasteiger partial charge is 0.349 e. The van der Waals surface area contributed by atoms with Gasteiger partial charge in [-0.25, -0.2) is 0 Å². The maximum Gasteiger partial charge on any atom is 0.281 e. The number of piperidine rings is 1. The maximum absolute atomic E-state index is 12.8. The number of nitrogens with one attached hydrogen (secondary N) is 1. The second kappa shape index (κ2) is 8.50. The van der Waals surface area contributed by atoms with Crippen molar-refractivity contribution in [3.8, 4) is 0 Å². The quantitative estimate of drug-likeness (QED) is 0.822. The molecule has 7 heteroatoms. The molecule has 146 valence electrons. The van der Waals surface area contributed by atoms with E-state index in [-0.39, 0.29) is 23.8 Å². The number of carbonyl (C=O) groups excluding carboxylic acids is 1. The Hall–Kier alpha value is -1.44. The van der Waals surface area contributed by atoms with Crippen LogP contribution in [0.4, 0.5) is 0 Å². The van der Waals surface area contributed by atoms with E-state index in [9.17, 15) is 13.2 Å². The molecular weight excluding hydrogens is 350 g/mol. The van der Waals surface area contributed by atoms with Gasteiger partial charge >= 0.3 is 0 Å². The van der Waals surface area contributed by atoms with Gasteiger partial charge in [0, 0.05) is 33.1 Å². The van der Waals surface area contributed by atoms with Gasteiger partial charge < -0.3 is 5.32 Å². The van der Waals surface area contributed by atoms with Gasteiger partial charge in [0.25, 0.3) is 10.2 Å². The Morgan fingerprint density at radius 3 is 2.27 bits per heavy atom. The lowest BCUT2D eigenvalue weighted by Crippen LogP contribution is -2.47. The average molecular weight is 382 g/mol. The van der Waals surface area contributed by atoms with Crippen LogP contribution in [0.15, 0.2) is 24.3 Å². The van der Waals surface area contributed by atoms with Crippen LogP contribution in [0.3, 0.4) is 0 Å². The molecule has 1 saturated heterocycles. The summed E-state index contributed by atoms with van der Waals surface area (Å²) in [6.45, 7) is 7.03. The first-order valence-corrected chi connectivity index (χ1v) is 10.6. The van der Waals surface area contributed by atoms with Crippen LogP contribution in [0.1, 0.15) is 43.9 Å². The van der Waals surface area contributed by atoms with E-state index in [0.717, 1.165) is 5.56 Å². The summed E-state index contributed by atoms with van der Waals surface area (Å²) in [6.07, 6.45) is 1.11. The molecule has 1 N–H and O–H groups in total. The lowest BCUT2D eigenvalue weighted by Gasteiger charge is -2.33. The van der Waals surface area contributed by atoms with E-state index < -0.39 is 10.2 Å². The zero-order chi connectivity index (χ0) is 19.5. The normalized spacial score (nSPS) is 18.3. The van der Waals surface area contributed by atoms with Gasteiger partial charge in [-0.15, -0.1) is 0 Å². The van der Waals surface area contributed by atoms with E-state index in [1.165, 1.54) is 28.3 Å². The van der Waals surface area contributed by atoms with Crippen LogP contribution in [0.25, 0.3) is 0 Å². The van der Waals surface area contributed by atoms with E-state index in [0.29, 0.717) is 25.9 Å². The van der Waals surface area contributed by atoms with E-state index >= 15 is 0 Å². The summed E-state index contributed by atoms with van der Waals surface area (Å²) in [5.74, 6) is 0.150. The number of carbonyl (C=O) groups is 1. The van der Waals surface area contributed by atoms with E-state index in [2.05, 4.69) is 38.2 Å². The molecule has 0 spiro atoms. The Morgan fingerprint density at radius 2 is 1.77 bits per heavy atom. The van der Waals surface area contributed by atoms with Crippen molar-refractivity contribution in [1.29, 1.82) is 0 Å². The highest BCUT2D eigenvalue weighted by Crippen LogP contribution is 2.27. The number of amides is 1. The van der Waals surface area contributed by atoms with Gasteiger partial charge in [-0.1, -0.05) is 38.1 Å². The van der Waals surface area contributed by atoms with Gasteiger partial charge in [-0.2, -0.15) is 17.0 Å². The molecule has 1 aliphatic heterocycles. The van der Waals surface area contributed by atoms with Gasteiger partial charge in [-0.05, 0) is 36.8 Å². The molecule has 0 aromatic heterocycles. The Labute approximate surface area is 157 Å². The molecule has 0 aliphatic carbocycles. The second-order valence-electron chi connectivity index (χ2n) is 7.55. The first kappa shape index (κ1) is 20.9. The first-order valence-electron chi connectivity index (χ1n) is 9.18. The summed E-state index contributed by atoms with van der Waals surface area (Å²) in [7, 11) is -0.337. The van der Waals surface area contributed by atoms with E-state index in [4.69, 9.17) is 0 Å². The minimum absolute atomic E-state index is 0.0221. The molecule has 0 bridgehead atoms. The summed E-state index contributed by atoms with van der Waals surface area (Å²) in [4.78, 5) is 12.8. The fourth-order valence-electron chi connectivity index (χ4n) is 3.39. The minimum Gasteiger partial charge on any atom is -0.349 e. The molecule has 1 fully saturated rings. The van der Waals surface area contributed by atoms with Crippen molar-refractivity contribution in [3.63, 3.8) is 0 Å². The van der Waals surface area contributed by atoms with E-state index in [1.54, 1.807) is 0 Å². The van der Waals surface area contributed by atoms with Crippen molar-refractivity contribution in [2.75, 3.05) is 27.2 Å². The van der Waals surface area contributed by atoms with Crippen LogP contribution in [-0.2, 0) is 15.0 Å². The molecule has 0 unspecified atom stereocenters. The molecule has 2 rings (SSSR count). The minimum atomic E-state index is -3.40. The molecule has 1 atom stereocenters. The first-order chi connectivity index (χ1) is 12.1. The second-order valence-corrected chi connectivity index (χ2v) is 9.69. The van der Waals surface area contributed by atoms with Crippen LogP contribution < -0.4 is 5.32 Å². The highest BCUT2D eigenvalue weighted by Gasteiger charge is 2.33. The van der Waals surface area contributed by atoms with Crippen LogP contribution in [-0.4, -0.2) is 50.1 Å². The number of benzene rings is 1. The Bertz CT molecular complexity index is 723. The molecule has 1 aliphatic rings. The van der Waals surface area contributed by atoms with Crippen LogP contribution in [0.5, 0.6) is 0 Å². The highest BCUT2D eigenvalue weighted by atomic mass is 32.2. The third kappa shape index (κ3) is 4.64. The molecule has 0 saturated carbocycles. The number of hydrogen-bond acceptors (Lipinski definition) is 3. The molecule has 6 nitrogen and oxygen atoms in total. The number of hydrogen-bond donors (Lipinski definition) is 1. The summed E-state index contributed by atoms with van der Waals surface area (Å²) in [5.41, 5.74) is 2.31. The monoisotopic (exact) mass is 381 g/mol. The SMILES string of the molecule is Cc1ccccc1[C@@H](NC(=O)C1CCN(S(=O)(=O)N(C)C)CC1)C(C)C. The van der Waals surface area contributed by atoms with Gasteiger partial charge in [0.05, 0.1) is 6.04 Å². The van der Waals surface area contributed by atoms with Gasteiger partial charge in [0.15, 0.2) is 0 Å². The number of rotatable bonds is 6. The average Bonchev–Trinajstić information content (AvgIpc) is 2.60. The maximum atomic E-state index is 12.8. The van der Waals surface area contributed by atoms with Crippen LogP contribution >= 0.6 is 0 Å². The third-order valence-corrected chi connectivity index (χ3v) is 7.04. The van der Waals surface area contributed by atoms with Gasteiger partial charge in [0.2, 0.25) is 5.91 Å². The highest BCUT2D eigenvalue weighted by molar-refractivity contribution is 7.86. The van der Waals surface area contributed by atoms with Gasteiger partial charge in [-0.3, -0.25) is 4.79 Å². The van der Waals surface area contributed by atoms with Crippen molar-refractivity contribution in [2.24, 2.45) is 11.8 Å². The van der Waals surface area contributed by atoms with Crippen LogP contribution in [0.2, 0.25) is 0 Å². The zero-order valence-electron chi connectivity index (χ0n) is 16.4. The molecule has 0 radical (unpaired) electrons. The topological polar surface area (TPSA) is 69.7 Å². The molecular formula is C19H31N3O3S. The number of aryl methyl sites for hydroxylation is 1. The molecule has 1 heterocycles. The van der Waals surface area contributed by atoms with Crippen LogP contribution in [0, 0.1) is 18.8 Å². The van der Waals surface area contributed by atoms with Crippen molar-refractivity contribution in [1.82, 2.24) is 13.9 Å². The Balaban J connectivity index is 2.03. The van der Waals surface area contributed by atoms with Crippen molar-refractivity contribution in [3.05, 3.63) is 35.4 Å². The van der Waals surface area contributed by atoms with Gasteiger partial charge in [0.1, 0.15) is 0 Å². The number of nitrogens with zero attached hydrogens (tertiary/aromatic N) is 2. The van der Waals surface area contributed by atoms with Crippen molar-refractivity contribution in [2.45, 2.75) is 39.7 Å². The third-order valence-electron chi connectivity index (χ3n) is 5.10. The Kier molecular flexibility index (Phi) is 6.82. The molecule has 1 aromatic rings. The molecule has 26 heavy (non-hydrogen) atoms.